The number of nitrogens with zero attached hydrogens (tertiary/aromatic N) is 4. The molecule has 0 bridgehead atoms. The Balaban J connectivity index is 1.14. The lowest BCUT2D eigenvalue weighted by atomic mass is 9.42. The molecule has 0 amide bonds. The summed E-state index contributed by atoms with van der Waals surface area (Å²) >= 11 is 0. The number of fused-ring (bicyclic) bond motifs is 8. The maximum Gasteiger partial charge on any atom is 0.294 e. The summed E-state index contributed by atoms with van der Waals surface area (Å²) in [6, 6.07) is 34.9. The number of hydrogen-bond acceptors (Lipinski definition) is 3. The van der Waals surface area contributed by atoms with Crippen LogP contribution in [0.1, 0.15) is 98.7 Å². The maximum absolute atomic E-state index is 6.74. The maximum atomic E-state index is 6.74. The van der Waals surface area contributed by atoms with Crippen molar-refractivity contribution in [1.29, 1.82) is 0 Å². The quantitative estimate of drug-likeness (QED) is 0.133. The van der Waals surface area contributed by atoms with Crippen molar-refractivity contribution in [2.75, 3.05) is 16.8 Å². The summed E-state index contributed by atoms with van der Waals surface area (Å²) in [7, 11) is 2.36. The highest BCUT2D eigenvalue weighted by molar-refractivity contribution is 6.17. The van der Waals surface area contributed by atoms with Gasteiger partial charge in [-0.05, 0) is 64.8 Å². The smallest absolute Gasteiger partial charge is 0.294 e. The third-order valence-electron chi connectivity index (χ3n) is 15.0. The van der Waals surface area contributed by atoms with Crippen molar-refractivity contribution in [2.45, 2.75) is 83.3 Å². The second-order valence-electron chi connectivity index (χ2n) is 18.5. The molecule has 12 rings (SSSR count). The van der Waals surface area contributed by atoms with E-state index in [1.807, 2.05) is 0 Å². The van der Waals surface area contributed by atoms with Gasteiger partial charge in [-0.3, -0.25) is 0 Å². The Bertz CT molecular complexity index is 2840. The number of benzene rings is 5. The Kier molecular flexibility index (Phi) is 6.21. The molecule has 1 spiro atoms. The van der Waals surface area contributed by atoms with E-state index in [9.17, 15) is 0 Å². The largest absolute Gasteiger partial charge is 0.456 e. The van der Waals surface area contributed by atoms with E-state index in [1.54, 1.807) is 0 Å². The summed E-state index contributed by atoms with van der Waals surface area (Å²) in [6.45, 7) is 18.8. The molecule has 0 N–H and O–H groups in total. The molecule has 0 radical (unpaired) electrons. The van der Waals surface area contributed by atoms with Crippen LogP contribution in [0, 0.1) is 11.3 Å². The van der Waals surface area contributed by atoms with E-state index in [0.29, 0.717) is 11.8 Å². The number of allylic oxidation sites excluding steroid dienone is 1. The molecule has 5 aromatic carbocycles. The van der Waals surface area contributed by atoms with Gasteiger partial charge in [0, 0.05) is 46.2 Å². The molecule has 1 fully saturated rings. The second kappa shape index (κ2) is 10.6. The van der Waals surface area contributed by atoms with Gasteiger partial charge in [-0.2, -0.15) is 4.57 Å². The van der Waals surface area contributed by atoms with Crippen LogP contribution >= 0.6 is 0 Å². The normalized spacial score (nSPS) is 24.4. The molecule has 5 atom stereocenters. The minimum atomic E-state index is -0.248. The molecule has 6 heterocycles. The zero-order chi connectivity index (χ0) is 38.2. The summed E-state index contributed by atoms with van der Waals surface area (Å²) in [6.07, 6.45) is 8.11. The van der Waals surface area contributed by atoms with Crippen LogP contribution < -0.4 is 14.4 Å². The van der Waals surface area contributed by atoms with Gasteiger partial charge in [0.25, 0.3) is 5.82 Å². The highest BCUT2D eigenvalue weighted by Crippen LogP contribution is 2.74. The highest BCUT2D eigenvalue weighted by Gasteiger charge is 2.74. The fourth-order valence-corrected chi connectivity index (χ4v) is 12.8. The van der Waals surface area contributed by atoms with Gasteiger partial charge in [0.05, 0.1) is 28.0 Å². The van der Waals surface area contributed by atoms with E-state index >= 15 is 0 Å². The molecule has 56 heavy (non-hydrogen) atoms. The van der Waals surface area contributed by atoms with E-state index in [2.05, 4.69) is 177 Å². The molecule has 278 valence electrons. The lowest BCUT2D eigenvalue weighted by Gasteiger charge is -2.66. The number of rotatable bonds is 4. The third-order valence-corrected chi connectivity index (χ3v) is 15.0. The fourth-order valence-electron chi connectivity index (χ4n) is 12.8. The monoisotopic (exact) mass is 733 g/mol. The molecule has 4 aliphatic heterocycles. The molecule has 1 saturated carbocycles. The zero-order valence-electron chi connectivity index (χ0n) is 33.5. The third kappa shape index (κ3) is 3.58. The SMILES string of the molecule is C=CC1C2C(c3ccccc3-c3n(-c4c(C(C)C)cccc4C(C)C)cc[n+]32)C12Cc1ccc3oc4cccc5c4c3c1N1c3c(cccc3C5(C)C)N(C)C12. The van der Waals surface area contributed by atoms with Gasteiger partial charge >= 0.3 is 0 Å². The molecule has 5 heteroatoms. The van der Waals surface area contributed by atoms with Crippen molar-refractivity contribution < 1.29 is 8.98 Å². The van der Waals surface area contributed by atoms with Crippen LogP contribution in [0.4, 0.5) is 17.1 Å². The molecule has 1 aliphatic carbocycles. The van der Waals surface area contributed by atoms with Crippen LogP contribution in [0.15, 0.2) is 120 Å². The van der Waals surface area contributed by atoms with Crippen molar-refractivity contribution in [3.05, 3.63) is 149 Å². The number of furan rings is 1. The Labute approximate surface area is 329 Å². The zero-order valence-corrected chi connectivity index (χ0v) is 33.5. The summed E-state index contributed by atoms with van der Waals surface area (Å²) in [5.74, 6) is 2.57. The first kappa shape index (κ1) is 32.7. The van der Waals surface area contributed by atoms with Gasteiger partial charge in [-0.25, -0.2) is 4.57 Å². The van der Waals surface area contributed by atoms with Crippen molar-refractivity contribution in [1.82, 2.24) is 4.57 Å². The minimum Gasteiger partial charge on any atom is -0.456 e. The van der Waals surface area contributed by atoms with Crippen LogP contribution in [-0.4, -0.2) is 17.8 Å². The first-order valence-corrected chi connectivity index (χ1v) is 20.7. The average Bonchev–Trinajstić information content (AvgIpc) is 3.89. The van der Waals surface area contributed by atoms with Crippen LogP contribution in [0.3, 0.4) is 0 Å². The molecule has 5 unspecified atom stereocenters. The summed E-state index contributed by atoms with van der Waals surface area (Å²) in [4.78, 5) is 5.42. The topological polar surface area (TPSA) is 28.4 Å². The van der Waals surface area contributed by atoms with Gasteiger partial charge in [0.1, 0.15) is 41.5 Å². The van der Waals surface area contributed by atoms with Crippen LogP contribution in [0.2, 0.25) is 0 Å². The Morgan fingerprint density at radius 2 is 1.50 bits per heavy atom. The molecule has 5 nitrogen and oxygen atoms in total. The van der Waals surface area contributed by atoms with Gasteiger partial charge in [0.15, 0.2) is 0 Å². The Morgan fingerprint density at radius 3 is 2.27 bits per heavy atom. The van der Waals surface area contributed by atoms with Gasteiger partial charge < -0.3 is 14.2 Å². The van der Waals surface area contributed by atoms with E-state index in [-0.39, 0.29) is 34.9 Å². The van der Waals surface area contributed by atoms with Crippen molar-refractivity contribution in [3.8, 4) is 17.1 Å². The predicted octanol–water partition coefficient (Wildman–Crippen LogP) is 11.8. The first-order chi connectivity index (χ1) is 27.1. The van der Waals surface area contributed by atoms with Crippen molar-refractivity contribution in [2.24, 2.45) is 11.3 Å². The molecule has 7 aromatic rings. The summed E-state index contributed by atoms with van der Waals surface area (Å²) in [5.41, 5.74) is 16.6. The van der Waals surface area contributed by atoms with Crippen LogP contribution in [0.5, 0.6) is 0 Å². The van der Waals surface area contributed by atoms with E-state index in [1.165, 1.54) is 78.3 Å². The number of aromatic nitrogens is 2. The minimum absolute atomic E-state index is 0.0820. The van der Waals surface area contributed by atoms with Crippen molar-refractivity contribution in [3.63, 3.8) is 0 Å². The predicted molar refractivity (Wildman–Crippen MR) is 228 cm³/mol. The van der Waals surface area contributed by atoms with Crippen molar-refractivity contribution >= 4 is 39.0 Å². The molecule has 0 saturated heterocycles. The van der Waals surface area contributed by atoms with Gasteiger partial charge in [-0.1, -0.05) is 114 Å². The highest BCUT2D eigenvalue weighted by atomic mass is 16.3. The summed E-state index contributed by atoms with van der Waals surface area (Å²) in [5, 5.41) is 2.54. The molecule has 5 aliphatic rings. The second-order valence-corrected chi connectivity index (χ2v) is 18.5. The lowest BCUT2D eigenvalue weighted by Crippen LogP contribution is -2.74. The fraction of sp³-hybridized carbons (Fsp3) is 0.314. The Hall–Kier alpha value is -5.55. The van der Waals surface area contributed by atoms with Gasteiger partial charge in [0.2, 0.25) is 0 Å². The van der Waals surface area contributed by atoms with Crippen LogP contribution in [0.25, 0.3) is 39.0 Å². The van der Waals surface area contributed by atoms with E-state index < -0.39 is 0 Å². The van der Waals surface area contributed by atoms with E-state index in [4.69, 9.17) is 11.0 Å². The Morgan fingerprint density at radius 1 is 0.786 bits per heavy atom. The average molecular weight is 734 g/mol. The number of hydrogen-bond donors (Lipinski definition) is 0. The molecular weight excluding hydrogens is 685 g/mol. The number of anilines is 3. The van der Waals surface area contributed by atoms with E-state index in [0.717, 1.165) is 17.6 Å². The summed E-state index contributed by atoms with van der Waals surface area (Å²) < 4.78 is 11.9. The van der Waals surface area contributed by atoms with Gasteiger partial charge in [-0.15, -0.1) is 6.58 Å². The standard InChI is InChI=1S/C51H49N4O/c1-9-35-47-43(33-15-10-11-16-34(33)48-53(25-26-54(47)48)45-31(28(2)3)17-12-18-32(45)29(4)5)51(35)27-30-23-24-40-42-41-36(19-14-22-39(41)56-40)50(6,7)37-20-13-21-38-46(37)55(44(30)42)49(51)52(38)8/h9-26,28-29,35,43,47,49H,1,27H2,2-8H3/q+1. The number of imidazole rings is 1. The number of para-hydroxylation sites is 2. The first-order valence-electron chi connectivity index (χ1n) is 20.7. The molecule has 2 aromatic heterocycles. The lowest BCUT2D eigenvalue weighted by molar-refractivity contribution is -0.743. The van der Waals surface area contributed by atoms with Crippen LogP contribution in [-0.2, 0) is 11.8 Å². The molecular formula is C51H49N4O+.